The van der Waals surface area contributed by atoms with Gasteiger partial charge in [-0.05, 0) is 77.4 Å². The van der Waals surface area contributed by atoms with Crippen LogP contribution in [0.4, 0.5) is 11.4 Å². The maximum atomic E-state index is 7.08. The number of rotatable bonds is 8. The van der Waals surface area contributed by atoms with Gasteiger partial charge in [0.25, 0.3) is 0 Å². The lowest BCUT2D eigenvalue weighted by Crippen LogP contribution is -2.24. The van der Waals surface area contributed by atoms with Crippen molar-refractivity contribution in [2.24, 2.45) is 0 Å². The minimum Gasteiger partial charge on any atom is -0.456 e. The van der Waals surface area contributed by atoms with Crippen molar-refractivity contribution in [3.05, 3.63) is 187 Å². The summed E-state index contributed by atoms with van der Waals surface area (Å²) in [5, 5.41) is 2.12. The van der Waals surface area contributed by atoms with E-state index < -0.39 is 0 Å². The Hall–Kier alpha value is -7.58. The number of pyridine rings is 1. The number of para-hydroxylation sites is 1. The Kier molecular flexibility index (Phi) is 10.1. The smallest absolute Gasteiger partial charge is 0.167 e. The second kappa shape index (κ2) is 16.0. The van der Waals surface area contributed by atoms with E-state index in [1.165, 1.54) is 16.7 Å². The molecule has 10 rings (SSSR count). The van der Waals surface area contributed by atoms with Gasteiger partial charge >= 0.3 is 0 Å². The summed E-state index contributed by atoms with van der Waals surface area (Å²) >= 11 is 0. The number of anilines is 2. The van der Waals surface area contributed by atoms with Gasteiger partial charge in [-0.1, -0.05) is 138 Å². The maximum absolute atomic E-state index is 7.08. The molecule has 8 heteroatoms. The van der Waals surface area contributed by atoms with Gasteiger partial charge in [-0.15, -0.1) is 0 Å². The predicted octanol–water partition coefficient (Wildman–Crippen LogP) is 13.8. The van der Waals surface area contributed by atoms with Gasteiger partial charge in [-0.2, -0.15) is 0 Å². The summed E-state index contributed by atoms with van der Waals surface area (Å²) in [6, 6.07) is 52.7. The van der Waals surface area contributed by atoms with Gasteiger partial charge in [0, 0.05) is 64.0 Å². The van der Waals surface area contributed by atoms with Gasteiger partial charge < -0.3 is 14.5 Å². The minimum atomic E-state index is 0.00168. The maximum Gasteiger partial charge on any atom is 0.167 e. The predicted molar refractivity (Wildman–Crippen MR) is 262 cm³/mol. The number of benzene rings is 6. The zero-order chi connectivity index (χ0) is 44.2. The second-order valence-corrected chi connectivity index (χ2v) is 18.7. The lowest BCUT2D eigenvalue weighted by atomic mass is 9.86. The quantitative estimate of drug-likeness (QED) is 0.151. The van der Waals surface area contributed by atoms with E-state index in [-0.39, 0.29) is 10.8 Å². The molecule has 0 amide bonds. The van der Waals surface area contributed by atoms with E-state index >= 15 is 0 Å². The van der Waals surface area contributed by atoms with Crippen molar-refractivity contribution in [2.75, 3.05) is 16.5 Å². The first-order valence-corrected chi connectivity index (χ1v) is 21.9. The number of aromatic nitrogens is 5. The molecule has 0 saturated heterocycles. The highest BCUT2D eigenvalue weighted by Crippen LogP contribution is 2.42. The molecule has 0 atom stereocenters. The number of fused-ring (bicyclic) bond motifs is 3. The fourth-order valence-corrected chi connectivity index (χ4v) is 8.32. The molecule has 0 bridgehead atoms. The number of nitrogens with zero attached hydrogens (tertiary/aromatic N) is 7. The number of aryl methyl sites for hydroxylation is 1. The second-order valence-electron chi connectivity index (χ2n) is 18.7. The van der Waals surface area contributed by atoms with Gasteiger partial charge in [0.15, 0.2) is 17.5 Å². The highest BCUT2D eigenvalue weighted by Gasteiger charge is 2.23. The lowest BCUT2D eigenvalue weighted by Gasteiger charge is -2.22. The van der Waals surface area contributed by atoms with Crippen LogP contribution in [0.3, 0.4) is 0 Å². The molecule has 64 heavy (non-hydrogen) atoms. The molecular formula is C56H51N7O. The van der Waals surface area contributed by atoms with Crippen molar-refractivity contribution in [1.82, 2.24) is 24.5 Å². The van der Waals surface area contributed by atoms with E-state index in [0.717, 1.165) is 55.7 Å². The van der Waals surface area contributed by atoms with E-state index in [1.807, 2.05) is 36.5 Å². The van der Waals surface area contributed by atoms with Crippen molar-refractivity contribution in [3.63, 3.8) is 0 Å². The summed E-state index contributed by atoms with van der Waals surface area (Å²) in [5.74, 6) is 3.80. The average molecular weight is 838 g/mol. The lowest BCUT2D eigenvalue weighted by molar-refractivity contribution is 0.484. The molecule has 4 heterocycles. The SMILES string of the molecule is Cc1ccc(N2C=CN(c3cccc(Oc4cc5c(cc4-c4nc(-c6ccc(C(C)(C)C)cc6)nc(-c6ccc(C(C)(C)C)cc6)n4)c4ccccc4n5-c4ccccn4)c3)C2)cc1. The zero-order valence-electron chi connectivity index (χ0n) is 37.4. The summed E-state index contributed by atoms with van der Waals surface area (Å²) in [5.41, 5.74) is 10.4. The average Bonchev–Trinajstić information content (AvgIpc) is 3.92. The first-order chi connectivity index (χ1) is 30.9. The van der Waals surface area contributed by atoms with E-state index in [9.17, 15) is 0 Å². The molecule has 0 radical (unpaired) electrons. The summed E-state index contributed by atoms with van der Waals surface area (Å²) in [6.45, 7) is 16.1. The van der Waals surface area contributed by atoms with Crippen LogP contribution in [-0.2, 0) is 10.8 Å². The summed E-state index contributed by atoms with van der Waals surface area (Å²) in [6.07, 6.45) is 6.05. The molecule has 316 valence electrons. The monoisotopic (exact) mass is 837 g/mol. The molecule has 1 aliphatic rings. The Labute approximate surface area is 375 Å². The van der Waals surface area contributed by atoms with Crippen molar-refractivity contribution in [3.8, 4) is 51.5 Å². The Bertz CT molecular complexity index is 3100. The molecule has 8 nitrogen and oxygen atoms in total. The van der Waals surface area contributed by atoms with E-state index in [1.54, 1.807) is 0 Å². The third kappa shape index (κ3) is 7.88. The van der Waals surface area contributed by atoms with E-state index in [0.29, 0.717) is 35.6 Å². The van der Waals surface area contributed by atoms with Crippen LogP contribution in [0, 0.1) is 6.92 Å². The minimum absolute atomic E-state index is 0.00168. The third-order valence-electron chi connectivity index (χ3n) is 12.0. The first kappa shape index (κ1) is 40.5. The number of hydrogen-bond donors (Lipinski definition) is 0. The molecule has 0 spiro atoms. The number of ether oxygens (including phenoxy) is 1. The molecule has 6 aromatic carbocycles. The standard InChI is InChI=1S/C56H51N7O/c1-37-18-28-42(29-19-37)61-31-32-62(36-61)43-13-12-14-44(33-43)64-50-35-49-46(45-15-8-9-16-48(45)63(49)51-17-10-11-30-57-51)34-47(50)54-59-52(38-20-24-40(25-21-38)55(2,3)4)58-53(60-54)39-22-26-41(27-23-39)56(5,6)7/h8-35H,36H2,1-7H3. The molecule has 1 aliphatic heterocycles. The highest BCUT2D eigenvalue weighted by atomic mass is 16.5. The van der Waals surface area contributed by atoms with Crippen LogP contribution >= 0.6 is 0 Å². The fourth-order valence-electron chi connectivity index (χ4n) is 8.32. The van der Waals surface area contributed by atoms with Gasteiger partial charge in [0.1, 0.15) is 17.3 Å². The van der Waals surface area contributed by atoms with Crippen LogP contribution < -0.4 is 14.5 Å². The Balaban J connectivity index is 1.15. The van der Waals surface area contributed by atoms with Gasteiger partial charge in [-0.3, -0.25) is 4.57 Å². The molecule has 0 saturated carbocycles. The fraction of sp³-hybridized carbons (Fsp3) is 0.179. The topological polar surface area (TPSA) is 72.2 Å². The molecular weight excluding hydrogens is 787 g/mol. The Morgan fingerprint density at radius 3 is 1.75 bits per heavy atom. The Morgan fingerprint density at radius 1 is 0.516 bits per heavy atom. The number of hydrogen-bond acceptors (Lipinski definition) is 7. The van der Waals surface area contributed by atoms with Crippen molar-refractivity contribution in [1.29, 1.82) is 0 Å². The van der Waals surface area contributed by atoms with Crippen molar-refractivity contribution in [2.45, 2.75) is 59.3 Å². The van der Waals surface area contributed by atoms with Crippen LogP contribution in [0.1, 0.15) is 58.2 Å². The molecule has 3 aromatic heterocycles. The van der Waals surface area contributed by atoms with Crippen LogP contribution in [0.5, 0.6) is 11.5 Å². The van der Waals surface area contributed by atoms with Gasteiger partial charge in [0.05, 0.1) is 23.3 Å². The molecule has 0 N–H and O–H groups in total. The van der Waals surface area contributed by atoms with Crippen LogP contribution in [0.2, 0.25) is 0 Å². The normalized spacial score (nSPS) is 13.0. The van der Waals surface area contributed by atoms with Gasteiger partial charge in [-0.25, -0.2) is 19.9 Å². The largest absolute Gasteiger partial charge is 0.456 e. The molecule has 0 aliphatic carbocycles. The highest BCUT2D eigenvalue weighted by molar-refractivity contribution is 6.11. The molecule has 9 aromatic rings. The van der Waals surface area contributed by atoms with Crippen molar-refractivity contribution < 1.29 is 4.74 Å². The summed E-state index contributed by atoms with van der Waals surface area (Å²) in [7, 11) is 0. The molecule has 0 fully saturated rings. The first-order valence-electron chi connectivity index (χ1n) is 21.9. The van der Waals surface area contributed by atoms with Crippen LogP contribution in [0.15, 0.2) is 170 Å². The summed E-state index contributed by atoms with van der Waals surface area (Å²) < 4.78 is 9.28. The third-order valence-corrected chi connectivity index (χ3v) is 12.0. The van der Waals surface area contributed by atoms with Crippen LogP contribution in [0.25, 0.3) is 61.8 Å². The van der Waals surface area contributed by atoms with Crippen LogP contribution in [-0.4, -0.2) is 31.2 Å². The van der Waals surface area contributed by atoms with Crippen molar-refractivity contribution >= 4 is 33.2 Å². The van der Waals surface area contributed by atoms with Gasteiger partial charge in [0.2, 0.25) is 0 Å². The van der Waals surface area contributed by atoms with E-state index in [4.69, 9.17) is 24.7 Å². The zero-order valence-corrected chi connectivity index (χ0v) is 37.4. The summed E-state index contributed by atoms with van der Waals surface area (Å²) in [4.78, 5) is 25.0. The van der Waals surface area contributed by atoms with E-state index in [2.05, 4.69) is 197 Å². The molecule has 0 unspecified atom stereocenters. The Morgan fingerprint density at radius 2 is 1.12 bits per heavy atom.